The maximum Gasteiger partial charge on any atom is 0.232 e. The van der Waals surface area contributed by atoms with Crippen molar-refractivity contribution < 1.29 is 4.79 Å². The Morgan fingerprint density at radius 1 is 1.61 bits per heavy atom. The Labute approximate surface area is 113 Å². The van der Waals surface area contributed by atoms with Gasteiger partial charge >= 0.3 is 0 Å². The standard InChI is InChI=1S/C13H21N3OS/c1-8(2)12-10-6-11(18-5-4-15-7-14)9(3)16(10)13(12)17/h7-8,10,12H,4-6H2,1-3H3,(H2,14,15)/t10-,12-/m1/s1. The molecule has 18 heavy (non-hydrogen) atoms. The lowest BCUT2D eigenvalue weighted by Gasteiger charge is -2.45. The fraction of sp³-hybridized carbons (Fsp3) is 0.692. The highest BCUT2D eigenvalue weighted by atomic mass is 32.2. The van der Waals surface area contributed by atoms with Crippen LogP contribution in [0.3, 0.4) is 0 Å². The minimum absolute atomic E-state index is 0.222. The van der Waals surface area contributed by atoms with Crippen molar-refractivity contribution in [3.05, 3.63) is 10.6 Å². The van der Waals surface area contributed by atoms with Crippen LogP contribution in [0.5, 0.6) is 0 Å². The zero-order chi connectivity index (χ0) is 13.3. The van der Waals surface area contributed by atoms with Crippen LogP contribution in [0.25, 0.3) is 0 Å². The van der Waals surface area contributed by atoms with Crippen LogP contribution in [0.2, 0.25) is 0 Å². The predicted octanol–water partition coefficient (Wildman–Crippen LogP) is 1.82. The van der Waals surface area contributed by atoms with Gasteiger partial charge in [-0.1, -0.05) is 13.8 Å². The molecule has 1 saturated heterocycles. The molecule has 2 N–H and O–H groups in total. The van der Waals surface area contributed by atoms with Gasteiger partial charge in [-0.2, -0.15) is 0 Å². The molecule has 5 heteroatoms. The number of amides is 1. The number of allylic oxidation sites excluding steroid dienone is 1. The van der Waals surface area contributed by atoms with Crippen LogP contribution >= 0.6 is 11.8 Å². The normalized spacial score (nSPS) is 27.3. The highest BCUT2D eigenvalue weighted by Gasteiger charge is 2.52. The molecule has 2 aliphatic heterocycles. The molecule has 0 radical (unpaired) electrons. The summed E-state index contributed by atoms with van der Waals surface area (Å²) >= 11 is 1.81. The Morgan fingerprint density at radius 2 is 2.33 bits per heavy atom. The van der Waals surface area contributed by atoms with Gasteiger partial charge in [0.15, 0.2) is 0 Å². The van der Waals surface area contributed by atoms with Gasteiger partial charge in [0.1, 0.15) is 0 Å². The Hall–Kier alpha value is -0.970. The molecule has 0 unspecified atom stereocenters. The predicted molar refractivity (Wildman–Crippen MR) is 76.3 cm³/mol. The van der Waals surface area contributed by atoms with E-state index in [1.54, 1.807) is 0 Å². The molecule has 2 atom stereocenters. The van der Waals surface area contributed by atoms with E-state index in [4.69, 9.17) is 5.73 Å². The van der Waals surface area contributed by atoms with Crippen molar-refractivity contribution in [2.24, 2.45) is 22.6 Å². The zero-order valence-corrected chi connectivity index (χ0v) is 12.0. The average molecular weight is 267 g/mol. The lowest BCUT2D eigenvalue weighted by Crippen LogP contribution is -2.59. The summed E-state index contributed by atoms with van der Waals surface area (Å²) in [5.74, 6) is 1.91. The first-order chi connectivity index (χ1) is 8.57. The minimum atomic E-state index is 0.222. The molecule has 2 aliphatic rings. The molecule has 100 valence electrons. The van der Waals surface area contributed by atoms with Gasteiger partial charge in [0.25, 0.3) is 0 Å². The smallest absolute Gasteiger partial charge is 0.232 e. The summed E-state index contributed by atoms with van der Waals surface area (Å²) in [6.45, 7) is 7.07. The van der Waals surface area contributed by atoms with Gasteiger partial charge in [0.2, 0.25) is 5.91 Å². The van der Waals surface area contributed by atoms with Gasteiger partial charge in [-0.3, -0.25) is 9.79 Å². The monoisotopic (exact) mass is 267 g/mol. The van der Waals surface area contributed by atoms with Crippen LogP contribution in [-0.4, -0.2) is 35.5 Å². The van der Waals surface area contributed by atoms with Crippen LogP contribution in [0.1, 0.15) is 27.2 Å². The number of carbonyl (C=O) groups excluding carboxylic acids is 1. The molecule has 1 fully saturated rings. The molecular weight excluding hydrogens is 246 g/mol. The van der Waals surface area contributed by atoms with E-state index in [0.717, 1.165) is 24.4 Å². The maximum absolute atomic E-state index is 12.1. The highest BCUT2D eigenvalue weighted by Crippen LogP contribution is 2.47. The van der Waals surface area contributed by atoms with Gasteiger partial charge in [0.05, 0.1) is 24.8 Å². The number of rotatable bonds is 5. The largest absolute Gasteiger partial charge is 0.390 e. The lowest BCUT2D eigenvalue weighted by molar-refractivity contribution is -0.153. The first-order valence-electron chi connectivity index (χ1n) is 6.43. The fourth-order valence-corrected chi connectivity index (χ4v) is 3.90. The third kappa shape index (κ3) is 2.16. The van der Waals surface area contributed by atoms with Gasteiger partial charge in [-0.25, -0.2) is 0 Å². The molecule has 0 aromatic heterocycles. The van der Waals surface area contributed by atoms with Crippen LogP contribution < -0.4 is 5.73 Å². The van der Waals surface area contributed by atoms with Crippen molar-refractivity contribution in [2.45, 2.75) is 33.2 Å². The van der Waals surface area contributed by atoms with Crippen LogP contribution in [0, 0.1) is 11.8 Å². The minimum Gasteiger partial charge on any atom is -0.390 e. The van der Waals surface area contributed by atoms with Crippen molar-refractivity contribution in [1.29, 1.82) is 0 Å². The topological polar surface area (TPSA) is 58.7 Å². The summed E-state index contributed by atoms with van der Waals surface area (Å²) in [6, 6.07) is 0.415. The van der Waals surface area contributed by atoms with Gasteiger partial charge in [0, 0.05) is 22.8 Å². The number of thioether (sulfide) groups is 1. The third-order valence-corrected chi connectivity index (χ3v) is 4.95. The molecule has 0 bridgehead atoms. The fourth-order valence-electron chi connectivity index (χ4n) is 2.86. The highest BCUT2D eigenvalue weighted by molar-refractivity contribution is 8.03. The van der Waals surface area contributed by atoms with Crippen molar-refractivity contribution in [3.8, 4) is 0 Å². The molecule has 1 amide bonds. The summed E-state index contributed by atoms with van der Waals surface area (Å²) in [5.41, 5.74) is 6.36. The molecule has 4 nitrogen and oxygen atoms in total. The van der Waals surface area contributed by atoms with Crippen molar-refractivity contribution in [2.75, 3.05) is 12.3 Å². The molecule has 0 aliphatic carbocycles. The number of hydrogen-bond donors (Lipinski definition) is 1. The maximum atomic E-state index is 12.1. The van der Waals surface area contributed by atoms with Crippen LogP contribution in [0.15, 0.2) is 15.6 Å². The number of aliphatic imine (C=N–C) groups is 1. The Balaban J connectivity index is 1.95. The molecule has 0 aromatic rings. The lowest BCUT2D eigenvalue weighted by atomic mass is 9.79. The quantitative estimate of drug-likeness (QED) is 0.358. The van der Waals surface area contributed by atoms with Crippen molar-refractivity contribution in [3.63, 3.8) is 0 Å². The Kier molecular flexibility index (Phi) is 4.00. The summed E-state index contributed by atoms with van der Waals surface area (Å²) in [6.07, 6.45) is 2.37. The second-order valence-electron chi connectivity index (χ2n) is 5.16. The van der Waals surface area contributed by atoms with E-state index >= 15 is 0 Å². The summed E-state index contributed by atoms with van der Waals surface area (Å²) in [7, 11) is 0. The number of β-lactam (4-membered cyclic amide) rings is 1. The number of nitrogens with zero attached hydrogens (tertiary/aromatic N) is 2. The molecule has 0 spiro atoms. The first kappa shape index (κ1) is 13.5. The second-order valence-corrected chi connectivity index (χ2v) is 6.35. The van der Waals surface area contributed by atoms with Crippen molar-refractivity contribution >= 4 is 24.0 Å². The molecule has 2 heterocycles. The third-order valence-electron chi connectivity index (χ3n) is 3.75. The van der Waals surface area contributed by atoms with Gasteiger partial charge in [-0.15, -0.1) is 11.8 Å². The van der Waals surface area contributed by atoms with E-state index in [1.807, 2.05) is 16.7 Å². The van der Waals surface area contributed by atoms with E-state index < -0.39 is 0 Å². The Morgan fingerprint density at radius 3 is 2.94 bits per heavy atom. The van der Waals surface area contributed by atoms with Crippen LogP contribution in [-0.2, 0) is 4.79 Å². The average Bonchev–Trinajstić information content (AvgIpc) is 2.57. The number of fused-ring (bicyclic) bond motifs is 1. The van der Waals surface area contributed by atoms with Crippen LogP contribution in [0.4, 0.5) is 0 Å². The SMILES string of the molecule is CC1=C(SCCN=CN)C[C@@H]2[C@@H](C(C)C)C(=O)N12. The van der Waals surface area contributed by atoms with Crippen molar-refractivity contribution in [1.82, 2.24) is 4.90 Å². The number of hydrogen-bond acceptors (Lipinski definition) is 3. The summed E-state index contributed by atoms with van der Waals surface area (Å²) in [5, 5.41) is 0. The zero-order valence-electron chi connectivity index (χ0n) is 11.2. The first-order valence-corrected chi connectivity index (χ1v) is 7.42. The number of carbonyl (C=O) groups is 1. The van der Waals surface area contributed by atoms with E-state index in [2.05, 4.69) is 25.8 Å². The molecule has 2 rings (SSSR count). The summed E-state index contributed by atoms with van der Waals surface area (Å²) < 4.78 is 0. The molecule has 0 saturated carbocycles. The molecule has 0 aromatic carbocycles. The van der Waals surface area contributed by atoms with E-state index in [9.17, 15) is 4.79 Å². The summed E-state index contributed by atoms with van der Waals surface area (Å²) in [4.78, 5) is 19.4. The van der Waals surface area contributed by atoms with Gasteiger partial charge in [-0.05, 0) is 12.8 Å². The van der Waals surface area contributed by atoms with Gasteiger partial charge < -0.3 is 10.6 Å². The second kappa shape index (κ2) is 5.34. The van der Waals surface area contributed by atoms with E-state index in [-0.39, 0.29) is 5.92 Å². The van der Waals surface area contributed by atoms with E-state index in [0.29, 0.717) is 17.9 Å². The Bertz CT molecular complexity index is 403. The van der Waals surface area contributed by atoms with E-state index in [1.165, 1.54) is 11.2 Å². The number of nitrogens with two attached hydrogens (primary N) is 1. The molecular formula is C13H21N3OS.